The van der Waals surface area contributed by atoms with Crippen LogP contribution in [0, 0.1) is 0 Å². The van der Waals surface area contributed by atoms with Crippen LogP contribution in [0.15, 0.2) is 72.9 Å². The zero-order chi connectivity index (χ0) is 22.0. The van der Waals surface area contributed by atoms with E-state index >= 15 is 0 Å². The van der Waals surface area contributed by atoms with Gasteiger partial charge >= 0.3 is 0 Å². The number of fused-ring (bicyclic) bond motifs is 1. The molecule has 2 aromatic carbocycles. The summed E-state index contributed by atoms with van der Waals surface area (Å²) in [7, 11) is 1.58. The summed E-state index contributed by atoms with van der Waals surface area (Å²) in [6, 6.07) is 20.1. The third kappa shape index (κ3) is 3.89. The topological polar surface area (TPSA) is 62.7 Å². The minimum atomic E-state index is -0.215. The van der Waals surface area contributed by atoms with Crippen molar-refractivity contribution >= 4 is 23.3 Å². The highest BCUT2D eigenvalue weighted by atomic mass is 16.5. The van der Waals surface area contributed by atoms with Crippen LogP contribution in [0.3, 0.4) is 0 Å². The highest BCUT2D eigenvalue weighted by molar-refractivity contribution is 6.07. The van der Waals surface area contributed by atoms with Crippen molar-refractivity contribution in [1.29, 1.82) is 0 Å². The number of para-hydroxylation sites is 1. The molecule has 0 bridgehead atoms. The predicted octanol–water partition coefficient (Wildman–Crippen LogP) is 4.62. The molecular formula is C25H25N3O3. The number of aromatic nitrogens is 1. The first-order chi connectivity index (χ1) is 15.0. The smallest absolute Gasteiger partial charge is 0.258 e. The van der Waals surface area contributed by atoms with Crippen LogP contribution in [0.2, 0.25) is 0 Å². The van der Waals surface area contributed by atoms with Crippen molar-refractivity contribution < 1.29 is 14.3 Å². The van der Waals surface area contributed by atoms with Gasteiger partial charge in [0.2, 0.25) is 5.91 Å². The Labute approximate surface area is 182 Å². The van der Waals surface area contributed by atoms with Gasteiger partial charge in [0.1, 0.15) is 11.6 Å². The number of benzene rings is 2. The van der Waals surface area contributed by atoms with E-state index in [2.05, 4.69) is 4.98 Å². The molecule has 1 aliphatic rings. The van der Waals surface area contributed by atoms with E-state index in [0.29, 0.717) is 23.6 Å². The summed E-state index contributed by atoms with van der Waals surface area (Å²) in [5.41, 5.74) is 2.30. The van der Waals surface area contributed by atoms with Crippen molar-refractivity contribution in [3.8, 4) is 5.75 Å². The average Bonchev–Trinajstić information content (AvgIpc) is 2.79. The number of methoxy groups -OCH3 is 1. The number of pyridine rings is 1. The lowest BCUT2D eigenvalue weighted by atomic mass is 9.89. The molecule has 1 aromatic heterocycles. The summed E-state index contributed by atoms with van der Waals surface area (Å²) in [5, 5.41) is 0. The molecular weight excluding hydrogens is 390 g/mol. The molecule has 3 aromatic rings. The van der Waals surface area contributed by atoms with Crippen LogP contribution in [-0.4, -0.2) is 29.9 Å². The molecule has 158 valence electrons. The lowest BCUT2D eigenvalue weighted by Gasteiger charge is -2.43. The van der Waals surface area contributed by atoms with Crippen molar-refractivity contribution in [3.05, 3.63) is 84.1 Å². The quantitative estimate of drug-likeness (QED) is 0.624. The van der Waals surface area contributed by atoms with Crippen molar-refractivity contribution in [2.75, 3.05) is 16.9 Å². The van der Waals surface area contributed by atoms with E-state index in [9.17, 15) is 9.59 Å². The lowest BCUT2D eigenvalue weighted by molar-refractivity contribution is -0.117. The maximum Gasteiger partial charge on any atom is 0.258 e. The summed E-state index contributed by atoms with van der Waals surface area (Å²) in [6.07, 6.45) is 2.28. The lowest BCUT2D eigenvalue weighted by Crippen LogP contribution is -2.47. The Bertz CT molecular complexity index is 1100. The van der Waals surface area contributed by atoms with Crippen LogP contribution < -0.4 is 14.5 Å². The van der Waals surface area contributed by atoms with Crippen molar-refractivity contribution in [1.82, 2.24) is 4.98 Å². The Balaban J connectivity index is 1.77. The molecule has 2 amide bonds. The molecule has 31 heavy (non-hydrogen) atoms. The molecule has 2 atom stereocenters. The molecule has 2 unspecified atom stereocenters. The minimum Gasteiger partial charge on any atom is -0.497 e. The zero-order valence-electron chi connectivity index (χ0n) is 17.9. The molecule has 0 radical (unpaired) electrons. The van der Waals surface area contributed by atoms with Crippen LogP contribution >= 0.6 is 0 Å². The molecule has 0 fully saturated rings. The van der Waals surface area contributed by atoms with E-state index in [1.165, 1.54) is 0 Å². The zero-order valence-corrected chi connectivity index (χ0v) is 17.9. The van der Waals surface area contributed by atoms with Gasteiger partial charge in [-0.05, 0) is 55.3 Å². The van der Waals surface area contributed by atoms with Gasteiger partial charge in [0.05, 0.1) is 13.2 Å². The molecule has 0 N–H and O–H groups in total. The highest BCUT2D eigenvalue weighted by Gasteiger charge is 2.38. The van der Waals surface area contributed by atoms with E-state index in [1.807, 2.05) is 66.4 Å². The Kier molecular flexibility index (Phi) is 5.71. The monoisotopic (exact) mass is 415 g/mol. The first-order valence-corrected chi connectivity index (χ1v) is 10.3. The van der Waals surface area contributed by atoms with Crippen LogP contribution in [0.5, 0.6) is 5.75 Å². The van der Waals surface area contributed by atoms with Gasteiger partial charge in [-0.25, -0.2) is 4.98 Å². The third-order valence-electron chi connectivity index (χ3n) is 5.64. The normalized spacial score (nSPS) is 17.6. The van der Waals surface area contributed by atoms with Crippen molar-refractivity contribution in [2.24, 2.45) is 0 Å². The number of ether oxygens (including phenoxy) is 1. The fourth-order valence-electron chi connectivity index (χ4n) is 4.27. The van der Waals surface area contributed by atoms with Gasteiger partial charge in [0.15, 0.2) is 0 Å². The first-order valence-electron chi connectivity index (χ1n) is 10.3. The minimum absolute atomic E-state index is 0.0849. The number of hydrogen-bond acceptors (Lipinski definition) is 4. The molecule has 0 saturated heterocycles. The molecule has 1 aliphatic heterocycles. The second kappa shape index (κ2) is 8.60. The summed E-state index contributed by atoms with van der Waals surface area (Å²) in [5.74, 6) is 1.07. The van der Waals surface area contributed by atoms with E-state index in [4.69, 9.17) is 4.74 Å². The number of carbonyl (C=O) groups excluding carboxylic acids is 2. The molecule has 0 spiro atoms. The number of carbonyl (C=O) groups is 2. The van der Waals surface area contributed by atoms with Gasteiger partial charge in [0.25, 0.3) is 5.91 Å². The van der Waals surface area contributed by atoms with E-state index < -0.39 is 0 Å². The summed E-state index contributed by atoms with van der Waals surface area (Å²) in [4.78, 5) is 34.1. The van der Waals surface area contributed by atoms with Crippen LogP contribution in [0.1, 0.15) is 42.2 Å². The molecule has 2 heterocycles. The van der Waals surface area contributed by atoms with E-state index in [1.54, 1.807) is 37.3 Å². The van der Waals surface area contributed by atoms with Gasteiger partial charge in [-0.2, -0.15) is 0 Å². The Morgan fingerprint density at radius 3 is 2.55 bits per heavy atom. The molecule has 0 aliphatic carbocycles. The highest BCUT2D eigenvalue weighted by Crippen LogP contribution is 2.42. The van der Waals surface area contributed by atoms with Crippen molar-refractivity contribution in [2.45, 2.75) is 32.4 Å². The Morgan fingerprint density at radius 1 is 1.06 bits per heavy atom. The second-order valence-corrected chi connectivity index (χ2v) is 7.64. The van der Waals surface area contributed by atoms with Gasteiger partial charge in [-0.1, -0.05) is 30.3 Å². The molecule has 6 heteroatoms. The molecule has 4 rings (SSSR count). The molecule has 6 nitrogen and oxygen atoms in total. The van der Waals surface area contributed by atoms with Gasteiger partial charge in [0, 0.05) is 30.4 Å². The number of anilines is 2. The van der Waals surface area contributed by atoms with Crippen LogP contribution in [0.25, 0.3) is 0 Å². The largest absolute Gasteiger partial charge is 0.497 e. The second-order valence-electron chi connectivity index (χ2n) is 7.64. The number of rotatable bonds is 4. The van der Waals surface area contributed by atoms with Crippen LogP contribution in [-0.2, 0) is 4.79 Å². The van der Waals surface area contributed by atoms with Crippen LogP contribution in [0.4, 0.5) is 11.5 Å². The van der Waals surface area contributed by atoms with Gasteiger partial charge in [-0.3, -0.25) is 14.5 Å². The standard InChI is InChI=1S/C25H25N3O3/c1-17-15-23(28(18(2)29)24-13-6-7-14-26-24)21-11-4-5-12-22(21)27(17)25(30)19-9-8-10-20(16-19)31-3/h4-14,16-17,23H,15H2,1-3H3. The maximum atomic E-state index is 13.5. The number of nitrogens with zero attached hydrogens (tertiary/aromatic N) is 3. The van der Waals surface area contributed by atoms with Gasteiger partial charge in [-0.15, -0.1) is 0 Å². The summed E-state index contributed by atoms with van der Waals surface area (Å²) >= 11 is 0. The number of hydrogen-bond donors (Lipinski definition) is 0. The predicted molar refractivity (Wildman–Crippen MR) is 120 cm³/mol. The van der Waals surface area contributed by atoms with E-state index in [-0.39, 0.29) is 23.9 Å². The SMILES string of the molecule is COc1cccc(C(=O)N2c3ccccc3C(N(C(C)=O)c3ccccn3)CC2C)c1. The van der Waals surface area contributed by atoms with E-state index in [0.717, 1.165) is 11.3 Å². The third-order valence-corrected chi connectivity index (χ3v) is 5.64. The Morgan fingerprint density at radius 2 is 1.84 bits per heavy atom. The Hall–Kier alpha value is -3.67. The fraction of sp³-hybridized carbons (Fsp3) is 0.240. The molecule has 0 saturated carbocycles. The van der Waals surface area contributed by atoms with Gasteiger partial charge < -0.3 is 9.64 Å². The number of amides is 2. The average molecular weight is 415 g/mol. The summed E-state index contributed by atoms with van der Waals surface area (Å²) < 4.78 is 5.29. The maximum absolute atomic E-state index is 13.5. The summed E-state index contributed by atoms with van der Waals surface area (Å²) in [6.45, 7) is 3.56. The first kappa shape index (κ1) is 20.6. The van der Waals surface area contributed by atoms with Crippen molar-refractivity contribution in [3.63, 3.8) is 0 Å². The fourth-order valence-corrected chi connectivity index (χ4v) is 4.27.